The van der Waals surface area contributed by atoms with Crippen molar-refractivity contribution in [3.63, 3.8) is 0 Å². The molecule has 1 saturated heterocycles. The Hall–Kier alpha value is -0.640. The highest BCUT2D eigenvalue weighted by Crippen LogP contribution is 2.49. The smallest absolute Gasteiger partial charge is 0.220 e. The number of piperidine rings is 1. The van der Waals surface area contributed by atoms with Gasteiger partial charge >= 0.3 is 0 Å². The topological polar surface area (TPSA) is 32.3 Å². The van der Waals surface area contributed by atoms with E-state index in [4.69, 9.17) is 0 Å². The third-order valence-corrected chi connectivity index (χ3v) is 6.86. The van der Waals surface area contributed by atoms with Crippen molar-refractivity contribution in [1.82, 2.24) is 10.2 Å². The van der Waals surface area contributed by atoms with E-state index in [0.29, 0.717) is 30.6 Å². The third kappa shape index (κ3) is 5.42. The number of carbonyl (C=O) groups excluding carboxylic acids is 1. The number of hydrogen-bond acceptors (Lipinski definition) is 2. The largest absolute Gasteiger partial charge is 0.353 e. The molecule has 1 aliphatic heterocycles. The van der Waals surface area contributed by atoms with Crippen LogP contribution in [0.25, 0.3) is 0 Å². The van der Waals surface area contributed by atoms with Crippen LogP contribution in [0.4, 0.5) is 4.39 Å². The number of fused-ring (bicyclic) bond motifs is 2. The van der Waals surface area contributed by atoms with Crippen LogP contribution in [0.5, 0.6) is 0 Å². The molecule has 1 heterocycles. The zero-order chi connectivity index (χ0) is 18.1. The first-order valence-electron chi connectivity index (χ1n) is 10.4. The molecule has 3 unspecified atom stereocenters. The average Bonchev–Trinajstić information content (AvgIpc) is 3.15. The molecule has 0 aromatic heterocycles. The van der Waals surface area contributed by atoms with Crippen LogP contribution < -0.4 is 5.32 Å². The van der Waals surface area contributed by atoms with E-state index in [2.05, 4.69) is 31.0 Å². The van der Waals surface area contributed by atoms with Gasteiger partial charge in [-0.3, -0.25) is 4.79 Å². The minimum atomic E-state index is -1.21. The highest BCUT2D eigenvalue weighted by molar-refractivity contribution is 5.76. The van der Waals surface area contributed by atoms with Gasteiger partial charge in [0.05, 0.1) is 6.54 Å². The van der Waals surface area contributed by atoms with E-state index in [1.165, 1.54) is 25.7 Å². The van der Waals surface area contributed by atoms with E-state index in [9.17, 15) is 4.79 Å². The Morgan fingerprint density at radius 1 is 1.20 bits per heavy atom. The van der Waals surface area contributed by atoms with E-state index < -0.39 is 5.67 Å². The minimum absolute atomic E-state index is 0.0738. The van der Waals surface area contributed by atoms with Gasteiger partial charge in [-0.2, -0.15) is 0 Å². The van der Waals surface area contributed by atoms with Crippen molar-refractivity contribution < 1.29 is 9.18 Å². The highest BCUT2D eigenvalue weighted by atomic mass is 19.1. The molecular weight excluding hydrogens is 315 g/mol. The van der Waals surface area contributed by atoms with Crippen molar-refractivity contribution in [3.8, 4) is 0 Å². The predicted molar refractivity (Wildman–Crippen MR) is 100 cm³/mol. The lowest BCUT2D eigenvalue weighted by Crippen LogP contribution is -2.48. The Morgan fingerprint density at radius 3 is 2.48 bits per heavy atom. The van der Waals surface area contributed by atoms with Gasteiger partial charge in [0, 0.05) is 19.5 Å². The molecule has 4 heteroatoms. The zero-order valence-corrected chi connectivity index (χ0v) is 16.5. The van der Waals surface area contributed by atoms with Crippen molar-refractivity contribution >= 4 is 5.91 Å². The summed E-state index contributed by atoms with van der Waals surface area (Å²) >= 11 is 0. The van der Waals surface area contributed by atoms with Crippen LogP contribution in [0.3, 0.4) is 0 Å². The highest BCUT2D eigenvalue weighted by Gasteiger charge is 2.40. The first kappa shape index (κ1) is 19.1. The SMILES string of the molecule is CC(C)(C)CCN1CCC(F)(CNC(=O)CC2CC3CCC2C3)CC1. The number of amides is 1. The molecule has 3 fully saturated rings. The van der Waals surface area contributed by atoms with E-state index in [1.54, 1.807) is 0 Å². The Bertz CT molecular complexity index is 465. The molecule has 3 rings (SSSR count). The summed E-state index contributed by atoms with van der Waals surface area (Å²) in [5, 5.41) is 2.92. The molecule has 2 bridgehead atoms. The quantitative estimate of drug-likeness (QED) is 0.778. The number of nitrogens with one attached hydrogen (secondary N) is 1. The Kier molecular flexibility index (Phi) is 5.77. The van der Waals surface area contributed by atoms with E-state index in [-0.39, 0.29) is 12.5 Å². The van der Waals surface area contributed by atoms with Gasteiger partial charge in [0.25, 0.3) is 0 Å². The Balaban J connectivity index is 1.35. The molecule has 0 radical (unpaired) electrons. The summed E-state index contributed by atoms with van der Waals surface area (Å²) in [6.45, 7) is 9.64. The average molecular weight is 353 g/mol. The lowest BCUT2D eigenvalue weighted by atomic mass is 9.86. The molecule has 144 valence electrons. The van der Waals surface area contributed by atoms with Crippen molar-refractivity contribution in [2.24, 2.45) is 23.2 Å². The molecular formula is C21H37FN2O. The van der Waals surface area contributed by atoms with Crippen LogP contribution in [-0.2, 0) is 4.79 Å². The van der Waals surface area contributed by atoms with Crippen molar-refractivity contribution in [1.29, 1.82) is 0 Å². The molecule has 3 nitrogen and oxygen atoms in total. The summed E-state index contributed by atoms with van der Waals surface area (Å²) in [6, 6.07) is 0. The first-order chi connectivity index (χ1) is 11.7. The Morgan fingerprint density at radius 2 is 1.92 bits per heavy atom. The van der Waals surface area contributed by atoms with Gasteiger partial charge in [-0.15, -0.1) is 0 Å². The van der Waals surface area contributed by atoms with Crippen LogP contribution in [0, 0.1) is 23.2 Å². The maximum absolute atomic E-state index is 15.0. The fourth-order valence-electron chi connectivity index (χ4n) is 5.04. The van der Waals surface area contributed by atoms with Gasteiger partial charge in [0.15, 0.2) is 0 Å². The normalized spacial score (nSPS) is 32.1. The maximum Gasteiger partial charge on any atom is 0.220 e. The van der Waals surface area contributed by atoms with E-state index >= 15 is 4.39 Å². The summed E-state index contributed by atoms with van der Waals surface area (Å²) < 4.78 is 15.0. The summed E-state index contributed by atoms with van der Waals surface area (Å²) in [5.74, 6) is 2.27. The zero-order valence-electron chi connectivity index (χ0n) is 16.5. The molecule has 3 aliphatic rings. The molecule has 0 aromatic rings. The fraction of sp³-hybridized carbons (Fsp3) is 0.952. The number of halogens is 1. The van der Waals surface area contributed by atoms with Crippen molar-refractivity contribution in [3.05, 3.63) is 0 Å². The second kappa shape index (κ2) is 7.54. The van der Waals surface area contributed by atoms with E-state index in [1.807, 2.05) is 0 Å². The standard InChI is InChI=1S/C21H37FN2O/c1-20(2,3)6-9-24-10-7-21(22,8-11-24)15-23-19(25)14-18-13-16-4-5-17(18)12-16/h16-18H,4-15H2,1-3H3,(H,23,25). The van der Waals surface area contributed by atoms with Gasteiger partial charge in [-0.25, -0.2) is 4.39 Å². The monoisotopic (exact) mass is 352 g/mol. The minimum Gasteiger partial charge on any atom is -0.353 e. The second-order valence-electron chi connectivity index (χ2n) is 10.2. The van der Waals surface area contributed by atoms with Gasteiger partial charge in [0.2, 0.25) is 5.91 Å². The van der Waals surface area contributed by atoms with Gasteiger partial charge < -0.3 is 10.2 Å². The Labute approximate surface area is 153 Å². The summed E-state index contributed by atoms with van der Waals surface area (Å²) in [6.07, 6.45) is 8.08. The lowest BCUT2D eigenvalue weighted by molar-refractivity contribution is -0.123. The van der Waals surface area contributed by atoms with Crippen LogP contribution in [0.15, 0.2) is 0 Å². The van der Waals surface area contributed by atoms with E-state index in [0.717, 1.165) is 37.9 Å². The number of hydrogen-bond donors (Lipinski definition) is 1. The van der Waals surface area contributed by atoms with Crippen LogP contribution >= 0.6 is 0 Å². The molecule has 0 aromatic carbocycles. The van der Waals surface area contributed by atoms with Crippen molar-refractivity contribution in [2.75, 3.05) is 26.2 Å². The summed E-state index contributed by atoms with van der Waals surface area (Å²) in [4.78, 5) is 14.6. The molecule has 1 amide bonds. The van der Waals surface area contributed by atoms with Crippen LogP contribution in [0.2, 0.25) is 0 Å². The van der Waals surface area contributed by atoms with Crippen LogP contribution in [0.1, 0.15) is 72.1 Å². The van der Waals surface area contributed by atoms with Crippen LogP contribution in [-0.4, -0.2) is 42.7 Å². The maximum atomic E-state index is 15.0. The van der Waals surface area contributed by atoms with Gasteiger partial charge in [0.1, 0.15) is 5.67 Å². The number of carbonyl (C=O) groups is 1. The molecule has 1 N–H and O–H groups in total. The second-order valence-corrected chi connectivity index (χ2v) is 10.2. The number of likely N-dealkylation sites (tertiary alicyclic amines) is 1. The molecule has 0 spiro atoms. The number of rotatable bonds is 6. The summed E-state index contributed by atoms with van der Waals surface area (Å²) in [7, 11) is 0. The first-order valence-corrected chi connectivity index (χ1v) is 10.4. The molecule has 3 atom stereocenters. The van der Waals surface area contributed by atoms with Gasteiger partial charge in [-0.1, -0.05) is 27.2 Å². The fourth-order valence-corrected chi connectivity index (χ4v) is 5.04. The van der Waals surface area contributed by atoms with Gasteiger partial charge in [-0.05, 0) is 68.2 Å². The third-order valence-electron chi connectivity index (χ3n) is 6.86. The number of nitrogens with zero attached hydrogens (tertiary/aromatic N) is 1. The lowest BCUT2D eigenvalue weighted by Gasteiger charge is -2.37. The van der Waals surface area contributed by atoms with Crippen molar-refractivity contribution in [2.45, 2.75) is 77.8 Å². The molecule has 25 heavy (non-hydrogen) atoms. The number of alkyl halides is 1. The molecule has 2 aliphatic carbocycles. The molecule has 2 saturated carbocycles. The summed E-state index contributed by atoms with van der Waals surface area (Å²) in [5.41, 5.74) is -0.875. The predicted octanol–water partition coefficient (Wildman–Crippen LogP) is 4.17.